The molecule has 0 aliphatic rings. The molecule has 0 heterocycles. The second kappa shape index (κ2) is 7.52. The van der Waals surface area contributed by atoms with Crippen molar-refractivity contribution >= 4 is 0 Å². The Morgan fingerprint density at radius 3 is 2.39 bits per heavy atom. The molecule has 1 atom stereocenters. The van der Waals surface area contributed by atoms with Crippen LogP contribution in [0.1, 0.15) is 30.9 Å². The summed E-state index contributed by atoms with van der Waals surface area (Å²) in [5.41, 5.74) is 7.82. The molecule has 0 bridgehead atoms. The van der Waals surface area contributed by atoms with Crippen LogP contribution in [0.25, 0.3) is 0 Å². The predicted octanol–water partition coefficient (Wildman–Crippen LogP) is 2.00. The Morgan fingerprint density at radius 1 is 1.22 bits per heavy atom. The fourth-order valence-electron chi connectivity index (χ4n) is 2.02. The molecule has 0 aliphatic heterocycles. The maximum atomic E-state index is 9.72. The van der Waals surface area contributed by atoms with Crippen LogP contribution in [0.4, 0.5) is 0 Å². The molecule has 3 N–H and O–H groups in total. The van der Waals surface area contributed by atoms with Crippen LogP contribution in [-0.2, 0) is 10.2 Å². The quantitative estimate of drug-likeness (QED) is 0.695. The molecular formula is C15H25NO2. The lowest BCUT2D eigenvalue weighted by atomic mass is 9.78. The minimum absolute atomic E-state index is 0.0576. The second-order valence-electron chi connectivity index (χ2n) is 4.87. The topological polar surface area (TPSA) is 55.5 Å². The Morgan fingerprint density at radius 2 is 1.89 bits per heavy atom. The molecule has 0 fully saturated rings. The van der Waals surface area contributed by atoms with E-state index < -0.39 is 0 Å². The van der Waals surface area contributed by atoms with Crippen LogP contribution >= 0.6 is 0 Å². The first-order valence-corrected chi connectivity index (χ1v) is 6.64. The number of nitrogens with two attached hydrogens (primary N) is 1. The van der Waals surface area contributed by atoms with Crippen molar-refractivity contribution in [1.29, 1.82) is 0 Å². The Hall–Kier alpha value is -0.900. The zero-order valence-corrected chi connectivity index (χ0v) is 11.5. The number of aliphatic hydroxyl groups is 1. The lowest BCUT2D eigenvalue weighted by Crippen LogP contribution is -2.40. The third kappa shape index (κ3) is 3.80. The summed E-state index contributed by atoms with van der Waals surface area (Å²) >= 11 is 0. The first-order chi connectivity index (χ1) is 8.68. The average Bonchev–Trinajstić information content (AvgIpc) is 2.41. The van der Waals surface area contributed by atoms with E-state index in [1.54, 1.807) is 0 Å². The summed E-state index contributed by atoms with van der Waals surface area (Å²) in [6.07, 6.45) is 1.77. The third-order valence-electron chi connectivity index (χ3n) is 3.43. The molecule has 18 heavy (non-hydrogen) atoms. The Kier molecular flexibility index (Phi) is 6.33. The van der Waals surface area contributed by atoms with Gasteiger partial charge in [-0.2, -0.15) is 0 Å². The van der Waals surface area contributed by atoms with Gasteiger partial charge in [0.1, 0.15) is 0 Å². The van der Waals surface area contributed by atoms with Crippen molar-refractivity contribution in [1.82, 2.24) is 0 Å². The zero-order valence-electron chi connectivity index (χ0n) is 11.5. The lowest BCUT2D eigenvalue weighted by molar-refractivity contribution is 0.0951. The van der Waals surface area contributed by atoms with E-state index in [-0.39, 0.29) is 12.0 Å². The smallest absolute Gasteiger partial charge is 0.0541 e. The van der Waals surface area contributed by atoms with Crippen LogP contribution in [0, 0.1) is 6.92 Å². The Bertz CT molecular complexity index is 331. The minimum Gasteiger partial charge on any atom is -0.395 e. The van der Waals surface area contributed by atoms with Gasteiger partial charge in [0.15, 0.2) is 0 Å². The van der Waals surface area contributed by atoms with E-state index in [0.717, 1.165) is 25.0 Å². The van der Waals surface area contributed by atoms with Crippen LogP contribution in [-0.4, -0.2) is 31.5 Å². The highest BCUT2D eigenvalue weighted by molar-refractivity contribution is 5.29. The van der Waals surface area contributed by atoms with Gasteiger partial charge >= 0.3 is 0 Å². The van der Waals surface area contributed by atoms with Crippen molar-refractivity contribution in [3.8, 4) is 0 Å². The molecule has 0 amide bonds. The maximum absolute atomic E-state index is 9.72. The van der Waals surface area contributed by atoms with Crippen LogP contribution in [0.5, 0.6) is 0 Å². The van der Waals surface area contributed by atoms with Gasteiger partial charge in [-0.15, -0.1) is 0 Å². The molecule has 3 nitrogen and oxygen atoms in total. The van der Waals surface area contributed by atoms with Gasteiger partial charge in [-0.25, -0.2) is 0 Å². The number of ether oxygens (including phenoxy) is 1. The van der Waals surface area contributed by atoms with E-state index in [4.69, 9.17) is 10.5 Å². The summed E-state index contributed by atoms with van der Waals surface area (Å²) in [4.78, 5) is 0. The molecule has 0 aromatic heterocycles. The molecule has 0 saturated heterocycles. The standard InChI is InChI=1S/C15H25NO2/c1-3-9-18-10-8-15(11-16,12-17)14-6-4-13(2)5-7-14/h4-7,17H,3,8-12,16H2,1-2H3. The van der Waals surface area contributed by atoms with Crippen molar-refractivity contribution in [3.63, 3.8) is 0 Å². The van der Waals surface area contributed by atoms with Gasteiger partial charge in [-0.05, 0) is 25.3 Å². The summed E-state index contributed by atoms with van der Waals surface area (Å²) in [5, 5.41) is 9.72. The monoisotopic (exact) mass is 251 g/mol. The number of aliphatic hydroxyl groups excluding tert-OH is 1. The molecule has 3 heteroatoms. The molecule has 0 radical (unpaired) electrons. The summed E-state index contributed by atoms with van der Waals surface area (Å²) in [6.45, 7) is 6.03. The van der Waals surface area contributed by atoms with Gasteiger partial charge < -0.3 is 15.6 Å². The predicted molar refractivity (Wildman–Crippen MR) is 74.7 cm³/mol. The molecule has 1 aromatic rings. The van der Waals surface area contributed by atoms with Gasteiger partial charge in [-0.1, -0.05) is 36.8 Å². The molecule has 1 aromatic carbocycles. The molecule has 102 valence electrons. The molecule has 1 rings (SSSR count). The Balaban J connectivity index is 2.75. The van der Waals surface area contributed by atoms with Crippen LogP contribution in [0.3, 0.4) is 0 Å². The fraction of sp³-hybridized carbons (Fsp3) is 0.600. The summed E-state index contributed by atoms with van der Waals surface area (Å²) in [5.74, 6) is 0. The fourth-order valence-corrected chi connectivity index (χ4v) is 2.02. The average molecular weight is 251 g/mol. The van der Waals surface area contributed by atoms with E-state index in [0.29, 0.717) is 13.2 Å². The molecule has 0 saturated carbocycles. The van der Waals surface area contributed by atoms with Gasteiger partial charge in [0, 0.05) is 25.2 Å². The number of hydrogen-bond donors (Lipinski definition) is 2. The van der Waals surface area contributed by atoms with E-state index >= 15 is 0 Å². The SMILES string of the molecule is CCCOCCC(CN)(CO)c1ccc(C)cc1. The molecule has 0 spiro atoms. The first kappa shape index (κ1) is 15.2. The van der Waals surface area contributed by atoms with Crippen molar-refractivity contribution in [3.05, 3.63) is 35.4 Å². The van der Waals surface area contributed by atoms with Crippen molar-refractivity contribution in [2.24, 2.45) is 5.73 Å². The van der Waals surface area contributed by atoms with Crippen LogP contribution in [0.15, 0.2) is 24.3 Å². The normalized spacial score (nSPS) is 14.4. The molecule has 1 unspecified atom stereocenters. The molecule has 0 aliphatic carbocycles. The Labute approximate surface area is 110 Å². The first-order valence-electron chi connectivity index (χ1n) is 6.64. The largest absolute Gasteiger partial charge is 0.395 e. The highest BCUT2D eigenvalue weighted by Crippen LogP contribution is 2.27. The number of benzene rings is 1. The van der Waals surface area contributed by atoms with E-state index in [1.807, 2.05) is 0 Å². The summed E-state index contributed by atoms with van der Waals surface area (Å²) < 4.78 is 5.52. The third-order valence-corrected chi connectivity index (χ3v) is 3.43. The van der Waals surface area contributed by atoms with Gasteiger partial charge in [0.25, 0.3) is 0 Å². The van der Waals surface area contributed by atoms with Gasteiger partial charge in [0.2, 0.25) is 0 Å². The van der Waals surface area contributed by atoms with Crippen LogP contribution < -0.4 is 5.73 Å². The molecular weight excluding hydrogens is 226 g/mol. The van der Waals surface area contributed by atoms with E-state index in [2.05, 4.69) is 38.1 Å². The number of aryl methyl sites for hydroxylation is 1. The van der Waals surface area contributed by atoms with Crippen LogP contribution in [0.2, 0.25) is 0 Å². The number of rotatable bonds is 8. The number of hydrogen-bond acceptors (Lipinski definition) is 3. The summed E-state index contributed by atoms with van der Waals surface area (Å²) in [7, 11) is 0. The van der Waals surface area contributed by atoms with Crippen molar-refractivity contribution in [2.75, 3.05) is 26.4 Å². The van der Waals surface area contributed by atoms with E-state index in [1.165, 1.54) is 5.56 Å². The highest BCUT2D eigenvalue weighted by atomic mass is 16.5. The lowest BCUT2D eigenvalue weighted by Gasteiger charge is -2.31. The van der Waals surface area contributed by atoms with Crippen molar-refractivity contribution in [2.45, 2.75) is 32.1 Å². The summed E-state index contributed by atoms with van der Waals surface area (Å²) in [6, 6.07) is 8.22. The minimum atomic E-state index is -0.374. The van der Waals surface area contributed by atoms with Crippen molar-refractivity contribution < 1.29 is 9.84 Å². The second-order valence-corrected chi connectivity index (χ2v) is 4.87. The van der Waals surface area contributed by atoms with E-state index in [9.17, 15) is 5.11 Å². The highest BCUT2D eigenvalue weighted by Gasteiger charge is 2.29. The maximum Gasteiger partial charge on any atom is 0.0541 e. The van der Waals surface area contributed by atoms with Gasteiger partial charge in [-0.3, -0.25) is 0 Å². The van der Waals surface area contributed by atoms with Gasteiger partial charge in [0.05, 0.1) is 6.61 Å². The zero-order chi connectivity index (χ0) is 13.4.